The van der Waals surface area contributed by atoms with Gasteiger partial charge in [-0.25, -0.2) is 0 Å². The molecule has 0 radical (unpaired) electrons. The number of hydrogen-bond acceptors (Lipinski definition) is 2. The van der Waals surface area contributed by atoms with Gasteiger partial charge in [-0.05, 0) is 25.7 Å². The minimum absolute atomic E-state index is 0.0990. The first-order chi connectivity index (χ1) is 6.63. The molecule has 1 fully saturated rings. The fraction of sp³-hybridized carbons (Fsp3) is 0.636. The van der Waals surface area contributed by atoms with Crippen LogP contribution in [0.4, 0.5) is 0 Å². The van der Waals surface area contributed by atoms with Crippen molar-refractivity contribution in [1.82, 2.24) is 0 Å². The first kappa shape index (κ1) is 11.0. The van der Waals surface area contributed by atoms with Crippen LogP contribution < -0.4 is 0 Å². The zero-order valence-corrected chi connectivity index (χ0v) is 8.29. The summed E-state index contributed by atoms with van der Waals surface area (Å²) in [5.41, 5.74) is -1.10. The number of carboxylic acid groups (broad SMARTS) is 1. The first-order valence-electron chi connectivity index (χ1n) is 5.01. The average molecular weight is 196 g/mol. The maximum absolute atomic E-state index is 11.6. The van der Waals surface area contributed by atoms with Crippen molar-refractivity contribution in [1.29, 1.82) is 0 Å². The third-order valence-corrected chi connectivity index (χ3v) is 2.98. The van der Waals surface area contributed by atoms with Crippen molar-refractivity contribution in [2.45, 2.75) is 38.5 Å². The maximum Gasteiger partial charge on any atom is 0.317 e. The lowest BCUT2D eigenvalue weighted by molar-refractivity contribution is -0.157. The molecule has 14 heavy (non-hydrogen) atoms. The monoisotopic (exact) mass is 196 g/mol. The smallest absolute Gasteiger partial charge is 0.317 e. The highest BCUT2D eigenvalue weighted by Gasteiger charge is 2.45. The summed E-state index contributed by atoms with van der Waals surface area (Å²) >= 11 is 0. The molecule has 78 valence electrons. The van der Waals surface area contributed by atoms with Gasteiger partial charge in [0.15, 0.2) is 0 Å². The Bertz CT molecular complexity index is 257. The summed E-state index contributed by atoms with van der Waals surface area (Å²) in [5.74, 6) is -1.05. The Hall–Kier alpha value is -1.12. The van der Waals surface area contributed by atoms with Crippen molar-refractivity contribution >= 4 is 11.8 Å². The maximum atomic E-state index is 11.6. The van der Waals surface area contributed by atoms with Crippen molar-refractivity contribution in [3.63, 3.8) is 0 Å². The fourth-order valence-electron chi connectivity index (χ4n) is 2.04. The molecule has 1 unspecified atom stereocenters. The van der Waals surface area contributed by atoms with Gasteiger partial charge in [0.25, 0.3) is 0 Å². The van der Waals surface area contributed by atoms with Crippen molar-refractivity contribution in [3.05, 3.63) is 12.7 Å². The molecule has 1 rings (SSSR count). The second-order valence-electron chi connectivity index (χ2n) is 3.84. The molecule has 0 aromatic carbocycles. The van der Waals surface area contributed by atoms with E-state index >= 15 is 0 Å². The number of carboxylic acids is 1. The van der Waals surface area contributed by atoms with Gasteiger partial charge >= 0.3 is 5.97 Å². The quantitative estimate of drug-likeness (QED) is 0.553. The molecule has 0 aromatic rings. The normalized spacial score (nSPS) is 27.3. The van der Waals surface area contributed by atoms with E-state index in [-0.39, 0.29) is 5.78 Å². The minimum atomic E-state index is -1.10. The molecule has 3 nitrogen and oxygen atoms in total. The van der Waals surface area contributed by atoms with Crippen LogP contribution >= 0.6 is 0 Å². The molecule has 0 amide bonds. The molecule has 1 aliphatic rings. The molecule has 0 aliphatic heterocycles. The van der Waals surface area contributed by atoms with Crippen LogP contribution in [0, 0.1) is 5.41 Å². The highest BCUT2D eigenvalue weighted by Crippen LogP contribution is 2.37. The third-order valence-electron chi connectivity index (χ3n) is 2.98. The topological polar surface area (TPSA) is 54.4 Å². The number of ketones is 1. The average Bonchev–Trinajstić information content (AvgIpc) is 2.16. The van der Waals surface area contributed by atoms with E-state index in [0.717, 1.165) is 12.8 Å². The van der Waals surface area contributed by atoms with E-state index < -0.39 is 11.4 Å². The molecular formula is C11H16O3. The Morgan fingerprint density at radius 2 is 2.29 bits per heavy atom. The van der Waals surface area contributed by atoms with Crippen LogP contribution in [0.3, 0.4) is 0 Å². The lowest BCUT2D eigenvalue weighted by Crippen LogP contribution is -2.41. The molecular weight excluding hydrogens is 180 g/mol. The Kier molecular flexibility index (Phi) is 3.44. The van der Waals surface area contributed by atoms with Crippen molar-refractivity contribution in [2.75, 3.05) is 0 Å². The van der Waals surface area contributed by atoms with Gasteiger partial charge in [0.2, 0.25) is 0 Å². The lowest BCUT2D eigenvalue weighted by atomic mass is 9.70. The molecule has 1 atom stereocenters. The highest BCUT2D eigenvalue weighted by atomic mass is 16.4. The van der Waals surface area contributed by atoms with E-state index in [1.807, 2.05) is 0 Å². The van der Waals surface area contributed by atoms with Gasteiger partial charge in [-0.3, -0.25) is 9.59 Å². The first-order valence-corrected chi connectivity index (χ1v) is 5.01. The summed E-state index contributed by atoms with van der Waals surface area (Å²) in [4.78, 5) is 22.8. The van der Waals surface area contributed by atoms with Gasteiger partial charge in [0, 0.05) is 6.42 Å². The second-order valence-corrected chi connectivity index (χ2v) is 3.84. The summed E-state index contributed by atoms with van der Waals surface area (Å²) in [7, 11) is 0. The molecule has 1 aliphatic carbocycles. The van der Waals surface area contributed by atoms with E-state index in [1.165, 1.54) is 0 Å². The van der Waals surface area contributed by atoms with Crippen LogP contribution in [0.1, 0.15) is 38.5 Å². The van der Waals surface area contributed by atoms with Crippen molar-refractivity contribution < 1.29 is 14.7 Å². The van der Waals surface area contributed by atoms with Gasteiger partial charge in [-0.2, -0.15) is 0 Å². The molecule has 0 heterocycles. The summed E-state index contributed by atoms with van der Waals surface area (Å²) in [6.45, 7) is 3.56. The van der Waals surface area contributed by atoms with Crippen LogP contribution in [0.15, 0.2) is 12.7 Å². The Labute approximate surface area is 83.8 Å². The molecule has 0 saturated heterocycles. The molecule has 0 aromatic heterocycles. The molecule has 0 bridgehead atoms. The van der Waals surface area contributed by atoms with Crippen LogP contribution in [-0.2, 0) is 9.59 Å². The summed E-state index contributed by atoms with van der Waals surface area (Å²) in [6, 6.07) is 0. The SMILES string of the molecule is C=CCCC1(C(=O)O)CCCCC1=O. The Balaban J connectivity index is 2.83. The standard InChI is InChI=1S/C11H16O3/c1-2-3-7-11(10(13)14)8-5-4-6-9(11)12/h2H,1,3-8H2,(H,13,14). The minimum Gasteiger partial charge on any atom is -0.480 e. The van der Waals surface area contributed by atoms with Gasteiger partial charge < -0.3 is 5.11 Å². The number of rotatable bonds is 4. The zero-order chi connectivity index (χ0) is 10.6. The molecule has 1 saturated carbocycles. The van der Waals surface area contributed by atoms with Crippen molar-refractivity contribution in [3.8, 4) is 0 Å². The number of carbonyl (C=O) groups excluding carboxylic acids is 1. The van der Waals surface area contributed by atoms with Gasteiger partial charge in [0.1, 0.15) is 11.2 Å². The predicted octanol–water partition coefficient (Wildman–Crippen LogP) is 2.17. The second kappa shape index (κ2) is 4.40. The third kappa shape index (κ3) is 1.86. The Morgan fingerprint density at radius 1 is 1.57 bits per heavy atom. The van der Waals surface area contributed by atoms with Crippen molar-refractivity contribution in [2.24, 2.45) is 5.41 Å². The van der Waals surface area contributed by atoms with E-state index in [4.69, 9.17) is 5.11 Å². The van der Waals surface area contributed by atoms with Crippen LogP contribution in [0.25, 0.3) is 0 Å². The zero-order valence-electron chi connectivity index (χ0n) is 8.29. The van der Waals surface area contributed by atoms with Gasteiger partial charge in [-0.1, -0.05) is 12.5 Å². The summed E-state index contributed by atoms with van der Waals surface area (Å²) in [5, 5.41) is 9.13. The lowest BCUT2D eigenvalue weighted by Gasteiger charge is -2.31. The van der Waals surface area contributed by atoms with Crippen LogP contribution in [0.2, 0.25) is 0 Å². The fourth-order valence-corrected chi connectivity index (χ4v) is 2.04. The Morgan fingerprint density at radius 3 is 2.79 bits per heavy atom. The summed E-state index contributed by atoms with van der Waals surface area (Å²) in [6.07, 6.45) is 5.27. The summed E-state index contributed by atoms with van der Waals surface area (Å²) < 4.78 is 0. The van der Waals surface area contributed by atoms with E-state index in [9.17, 15) is 9.59 Å². The van der Waals surface area contributed by atoms with E-state index in [0.29, 0.717) is 25.7 Å². The van der Waals surface area contributed by atoms with E-state index in [2.05, 4.69) is 6.58 Å². The van der Waals surface area contributed by atoms with Gasteiger partial charge in [0.05, 0.1) is 0 Å². The van der Waals surface area contributed by atoms with E-state index in [1.54, 1.807) is 6.08 Å². The number of carbonyl (C=O) groups is 2. The molecule has 3 heteroatoms. The number of hydrogen-bond donors (Lipinski definition) is 1. The van der Waals surface area contributed by atoms with Crippen LogP contribution in [0.5, 0.6) is 0 Å². The molecule has 0 spiro atoms. The number of Topliss-reactive ketones (excluding diaryl/α,β-unsaturated/α-hetero) is 1. The largest absolute Gasteiger partial charge is 0.480 e. The van der Waals surface area contributed by atoms with Crippen LogP contribution in [-0.4, -0.2) is 16.9 Å². The molecule has 1 N–H and O–H groups in total. The number of aliphatic carboxylic acids is 1. The predicted molar refractivity (Wildman–Crippen MR) is 53.0 cm³/mol. The highest BCUT2D eigenvalue weighted by molar-refractivity contribution is 6.03. The van der Waals surface area contributed by atoms with Gasteiger partial charge in [-0.15, -0.1) is 6.58 Å². The number of allylic oxidation sites excluding steroid dienone is 1.